The molecule has 0 heterocycles. The van der Waals surface area contributed by atoms with Gasteiger partial charge >= 0.3 is 5.97 Å². The van der Waals surface area contributed by atoms with E-state index in [4.69, 9.17) is 5.11 Å². The molecule has 2 N–H and O–H groups in total. The smallest absolute Gasteiger partial charge is 0.335 e. The van der Waals surface area contributed by atoms with E-state index < -0.39 is 11.8 Å². The van der Waals surface area contributed by atoms with Crippen molar-refractivity contribution in [3.05, 3.63) is 63.6 Å². The van der Waals surface area contributed by atoms with Gasteiger partial charge in [-0.05, 0) is 52.3 Å². The second-order valence-electron chi connectivity index (χ2n) is 4.09. The van der Waals surface area contributed by atoms with Gasteiger partial charge in [0.05, 0.1) is 5.56 Å². The Kier molecular flexibility index (Phi) is 4.34. The van der Waals surface area contributed by atoms with Gasteiger partial charge in [0.25, 0.3) is 0 Å². The molecule has 0 aliphatic carbocycles. The van der Waals surface area contributed by atoms with Crippen molar-refractivity contribution in [3.63, 3.8) is 0 Å². The van der Waals surface area contributed by atoms with Gasteiger partial charge in [-0.2, -0.15) is 0 Å². The summed E-state index contributed by atoms with van der Waals surface area (Å²) in [4.78, 5) is 10.8. The topological polar surface area (TPSA) is 49.3 Å². The highest BCUT2D eigenvalue weighted by molar-refractivity contribution is 9.10. The van der Waals surface area contributed by atoms with E-state index in [1.807, 2.05) is 0 Å². The van der Waals surface area contributed by atoms with E-state index in [0.717, 1.165) is 6.07 Å². The minimum absolute atomic E-state index is 0.0152. The molecule has 0 radical (unpaired) electrons. The van der Waals surface area contributed by atoms with Crippen molar-refractivity contribution >= 4 is 27.6 Å². The van der Waals surface area contributed by atoms with Gasteiger partial charge < -0.3 is 10.4 Å². The molecular weight excluding hydrogens is 332 g/mol. The second kappa shape index (κ2) is 6.00. The number of hydrogen-bond donors (Lipinski definition) is 2. The highest BCUT2D eigenvalue weighted by Gasteiger charge is 2.09. The van der Waals surface area contributed by atoms with Crippen LogP contribution in [0.5, 0.6) is 0 Å². The van der Waals surface area contributed by atoms with Gasteiger partial charge in [0.1, 0.15) is 11.6 Å². The third kappa shape index (κ3) is 3.33. The Balaban J connectivity index is 2.18. The summed E-state index contributed by atoms with van der Waals surface area (Å²) in [7, 11) is 0. The molecule has 0 aliphatic rings. The standard InChI is InChI=1S/C14H10BrF2NO2/c15-11-6-10(16)2-4-13(11)18-7-9-5-8(14(19)20)1-3-12(9)17/h1-6,18H,7H2,(H,19,20). The quantitative estimate of drug-likeness (QED) is 0.882. The normalized spacial score (nSPS) is 10.3. The molecule has 0 atom stereocenters. The first-order valence-electron chi connectivity index (χ1n) is 5.68. The minimum atomic E-state index is -1.12. The van der Waals surface area contributed by atoms with Crippen LogP contribution in [-0.2, 0) is 6.54 Å². The number of aromatic carboxylic acids is 1. The second-order valence-corrected chi connectivity index (χ2v) is 4.94. The van der Waals surface area contributed by atoms with E-state index in [9.17, 15) is 13.6 Å². The molecule has 2 aromatic rings. The molecule has 0 saturated heterocycles. The fourth-order valence-electron chi connectivity index (χ4n) is 1.67. The van der Waals surface area contributed by atoms with Gasteiger partial charge in [-0.25, -0.2) is 13.6 Å². The number of halogens is 3. The fraction of sp³-hybridized carbons (Fsp3) is 0.0714. The highest BCUT2D eigenvalue weighted by Crippen LogP contribution is 2.24. The van der Waals surface area contributed by atoms with Crippen molar-refractivity contribution in [2.75, 3.05) is 5.32 Å². The lowest BCUT2D eigenvalue weighted by atomic mass is 10.1. The largest absolute Gasteiger partial charge is 0.478 e. The molecule has 2 rings (SSSR count). The number of hydrogen-bond acceptors (Lipinski definition) is 2. The number of anilines is 1. The summed E-state index contributed by atoms with van der Waals surface area (Å²) in [5.74, 6) is -2.00. The Bertz CT molecular complexity index is 662. The highest BCUT2D eigenvalue weighted by atomic mass is 79.9. The Hall–Kier alpha value is -1.95. The summed E-state index contributed by atoms with van der Waals surface area (Å²) < 4.78 is 27.0. The molecule has 0 bridgehead atoms. The lowest BCUT2D eigenvalue weighted by molar-refractivity contribution is 0.0696. The minimum Gasteiger partial charge on any atom is -0.478 e. The lowest BCUT2D eigenvalue weighted by Gasteiger charge is -2.10. The predicted octanol–water partition coefficient (Wildman–Crippen LogP) is 4.04. The van der Waals surface area contributed by atoms with Crippen LogP contribution in [0.2, 0.25) is 0 Å². The molecule has 0 amide bonds. The Morgan fingerprint density at radius 2 is 1.95 bits per heavy atom. The third-order valence-electron chi connectivity index (χ3n) is 2.69. The van der Waals surface area contributed by atoms with E-state index in [-0.39, 0.29) is 23.5 Å². The Morgan fingerprint density at radius 1 is 1.20 bits per heavy atom. The van der Waals surface area contributed by atoms with Crippen molar-refractivity contribution in [1.29, 1.82) is 0 Å². The lowest BCUT2D eigenvalue weighted by Crippen LogP contribution is -2.05. The van der Waals surface area contributed by atoms with Crippen molar-refractivity contribution < 1.29 is 18.7 Å². The molecular formula is C14H10BrF2NO2. The monoisotopic (exact) mass is 341 g/mol. The molecule has 0 saturated carbocycles. The van der Waals surface area contributed by atoms with E-state index >= 15 is 0 Å². The fourth-order valence-corrected chi connectivity index (χ4v) is 2.16. The molecule has 0 fully saturated rings. The maximum atomic E-state index is 13.6. The Morgan fingerprint density at radius 3 is 2.60 bits per heavy atom. The predicted molar refractivity (Wildman–Crippen MR) is 74.8 cm³/mol. The summed E-state index contributed by atoms with van der Waals surface area (Å²) in [5.41, 5.74) is 0.828. The number of rotatable bonds is 4. The van der Waals surface area contributed by atoms with Crippen LogP contribution >= 0.6 is 15.9 Å². The number of carboxylic acid groups (broad SMARTS) is 1. The van der Waals surface area contributed by atoms with Crippen molar-refractivity contribution in [1.82, 2.24) is 0 Å². The van der Waals surface area contributed by atoms with Gasteiger partial charge in [0.2, 0.25) is 0 Å². The van der Waals surface area contributed by atoms with E-state index in [2.05, 4.69) is 21.2 Å². The van der Waals surface area contributed by atoms with Crippen LogP contribution < -0.4 is 5.32 Å². The summed E-state index contributed by atoms with van der Waals surface area (Å²) in [6, 6.07) is 7.65. The molecule has 20 heavy (non-hydrogen) atoms. The first kappa shape index (κ1) is 14.5. The van der Waals surface area contributed by atoms with Crippen LogP contribution in [0.4, 0.5) is 14.5 Å². The van der Waals surface area contributed by atoms with E-state index in [0.29, 0.717) is 10.2 Å². The molecule has 0 aliphatic heterocycles. The number of carboxylic acids is 1. The van der Waals surface area contributed by atoms with Gasteiger partial charge in [0.15, 0.2) is 0 Å². The van der Waals surface area contributed by atoms with Crippen LogP contribution in [0.1, 0.15) is 15.9 Å². The van der Waals surface area contributed by atoms with Crippen LogP contribution in [0.15, 0.2) is 40.9 Å². The number of benzene rings is 2. The average Bonchev–Trinajstić information content (AvgIpc) is 2.39. The summed E-state index contributed by atoms with van der Waals surface area (Å²) in [5, 5.41) is 11.8. The Labute approximate surface area is 122 Å². The van der Waals surface area contributed by atoms with Gasteiger partial charge in [-0.1, -0.05) is 0 Å². The molecule has 0 aromatic heterocycles. The van der Waals surface area contributed by atoms with E-state index in [1.165, 1.54) is 30.3 Å². The first-order valence-corrected chi connectivity index (χ1v) is 6.47. The first-order chi connectivity index (χ1) is 9.47. The number of nitrogens with one attached hydrogen (secondary N) is 1. The SMILES string of the molecule is O=C(O)c1ccc(F)c(CNc2ccc(F)cc2Br)c1. The summed E-state index contributed by atoms with van der Waals surface area (Å²) in [6.07, 6.45) is 0. The van der Waals surface area contributed by atoms with Crippen LogP contribution in [0.25, 0.3) is 0 Å². The molecule has 3 nitrogen and oxygen atoms in total. The maximum Gasteiger partial charge on any atom is 0.335 e. The summed E-state index contributed by atoms with van der Waals surface area (Å²) >= 11 is 3.19. The molecule has 0 unspecified atom stereocenters. The molecule has 2 aromatic carbocycles. The van der Waals surface area contributed by atoms with Gasteiger partial charge in [-0.15, -0.1) is 0 Å². The van der Waals surface area contributed by atoms with Crippen LogP contribution in [-0.4, -0.2) is 11.1 Å². The third-order valence-corrected chi connectivity index (χ3v) is 3.35. The summed E-state index contributed by atoms with van der Waals surface area (Å²) in [6.45, 7) is 0.0944. The van der Waals surface area contributed by atoms with Crippen molar-refractivity contribution in [2.45, 2.75) is 6.54 Å². The van der Waals surface area contributed by atoms with Gasteiger partial charge in [-0.3, -0.25) is 0 Å². The van der Waals surface area contributed by atoms with Gasteiger partial charge in [0, 0.05) is 22.3 Å². The molecule has 0 spiro atoms. The van der Waals surface area contributed by atoms with Crippen molar-refractivity contribution in [2.24, 2.45) is 0 Å². The zero-order valence-electron chi connectivity index (χ0n) is 10.2. The van der Waals surface area contributed by atoms with Crippen LogP contribution in [0, 0.1) is 11.6 Å². The number of carbonyl (C=O) groups is 1. The maximum absolute atomic E-state index is 13.6. The molecule has 6 heteroatoms. The van der Waals surface area contributed by atoms with E-state index in [1.54, 1.807) is 0 Å². The molecule has 104 valence electrons. The zero-order chi connectivity index (χ0) is 14.7. The van der Waals surface area contributed by atoms with Crippen molar-refractivity contribution in [3.8, 4) is 0 Å². The average molecular weight is 342 g/mol. The van der Waals surface area contributed by atoms with Crippen LogP contribution in [0.3, 0.4) is 0 Å². The zero-order valence-corrected chi connectivity index (χ0v) is 11.7.